The summed E-state index contributed by atoms with van der Waals surface area (Å²) in [5, 5.41) is 0. The summed E-state index contributed by atoms with van der Waals surface area (Å²) in [6, 6.07) is 0. The van der Waals surface area contributed by atoms with Crippen LogP contribution in [-0.2, 0) is 20.4 Å². The molecule has 0 N–H and O–H groups in total. The third kappa shape index (κ3) is 2.45. The molecule has 0 aromatic heterocycles. The van der Waals surface area contributed by atoms with Crippen LogP contribution in [0.1, 0.15) is 0 Å². The quantitative estimate of drug-likeness (QED) is 0.333. The van der Waals surface area contributed by atoms with E-state index >= 15 is 0 Å². The maximum absolute atomic E-state index is 3.48. The first-order valence-electron chi connectivity index (χ1n) is 1.17. The van der Waals surface area contributed by atoms with Crippen LogP contribution < -0.4 is 0 Å². The molecule has 0 saturated heterocycles. The zero-order valence-electron chi connectivity index (χ0n) is 2.49. The van der Waals surface area contributed by atoms with E-state index in [0.29, 0.717) is 0 Å². The van der Waals surface area contributed by atoms with Gasteiger partial charge >= 0.3 is 37.8 Å². The van der Waals surface area contributed by atoms with E-state index in [1.165, 1.54) is 0 Å². The fourth-order valence-electron chi connectivity index (χ4n) is 0. The summed E-state index contributed by atoms with van der Waals surface area (Å²) in [6.07, 6.45) is 1.88. The SMILES string of the molecule is C=C[CH2][Ti+2]. The summed E-state index contributed by atoms with van der Waals surface area (Å²) in [4.78, 5) is 0. The van der Waals surface area contributed by atoms with Crippen molar-refractivity contribution in [1.82, 2.24) is 0 Å². The van der Waals surface area contributed by atoms with Crippen LogP contribution in [0.3, 0.4) is 0 Å². The molecule has 0 aliphatic rings. The average Bonchev–Trinajstić information content (AvgIpc) is 1.37. The zero-order chi connectivity index (χ0) is 3.41. The van der Waals surface area contributed by atoms with Crippen molar-refractivity contribution < 1.29 is 20.4 Å². The van der Waals surface area contributed by atoms with Gasteiger partial charge in [0.1, 0.15) is 0 Å². The van der Waals surface area contributed by atoms with Gasteiger partial charge in [0.15, 0.2) is 0 Å². The third-order valence-electron chi connectivity index (χ3n) is 0.144. The molecule has 0 saturated carbocycles. The van der Waals surface area contributed by atoms with Crippen LogP contribution in [0.15, 0.2) is 12.7 Å². The van der Waals surface area contributed by atoms with Gasteiger partial charge in [-0.05, 0) is 0 Å². The topological polar surface area (TPSA) is 0 Å². The first-order valence-corrected chi connectivity index (χ1v) is 2.27. The Labute approximate surface area is 38.3 Å². The van der Waals surface area contributed by atoms with E-state index in [9.17, 15) is 0 Å². The predicted octanol–water partition coefficient (Wildman–Crippen LogP) is 1.14. The van der Waals surface area contributed by atoms with E-state index in [-0.39, 0.29) is 0 Å². The van der Waals surface area contributed by atoms with Gasteiger partial charge < -0.3 is 0 Å². The molecule has 0 aromatic carbocycles. The minimum atomic E-state index is 1.08. The molecule has 0 heterocycles. The Bertz CT molecular complexity index is 17.2. The van der Waals surface area contributed by atoms with Crippen LogP contribution in [0.2, 0.25) is 4.73 Å². The minimum absolute atomic E-state index is 1.08. The molecule has 0 radical (unpaired) electrons. The van der Waals surface area contributed by atoms with Gasteiger partial charge in [0, 0.05) is 0 Å². The van der Waals surface area contributed by atoms with Crippen LogP contribution in [-0.4, -0.2) is 0 Å². The van der Waals surface area contributed by atoms with E-state index in [2.05, 4.69) is 27.0 Å². The molecule has 0 rings (SSSR count). The second-order valence-corrected chi connectivity index (χ2v) is 1.13. The van der Waals surface area contributed by atoms with E-state index in [0.717, 1.165) is 4.73 Å². The van der Waals surface area contributed by atoms with Gasteiger partial charge in [0.2, 0.25) is 0 Å². The van der Waals surface area contributed by atoms with Crippen molar-refractivity contribution in [2.45, 2.75) is 4.73 Å². The Morgan fingerprint density at radius 1 is 2.00 bits per heavy atom. The van der Waals surface area contributed by atoms with Gasteiger partial charge in [0.05, 0.1) is 0 Å². The van der Waals surface area contributed by atoms with Gasteiger partial charge in [-0.15, -0.1) is 0 Å². The normalized spacial score (nSPS) is 6.50. The molecule has 0 spiro atoms. The monoisotopic (exact) mass is 89.0 g/mol. The standard InChI is InChI=1S/C3H5.Ti/c1-3-2;/h3H,1-2H2;/q;+2. The van der Waals surface area contributed by atoms with Gasteiger partial charge in [0.25, 0.3) is 0 Å². The van der Waals surface area contributed by atoms with Crippen molar-refractivity contribution in [3.05, 3.63) is 12.7 Å². The molecule has 0 unspecified atom stereocenters. The molecule has 0 atom stereocenters. The zero-order valence-corrected chi connectivity index (χ0v) is 4.05. The van der Waals surface area contributed by atoms with Gasteiger partial charge in [-0.3, -0.25) is 0 Å². The summed E-state index contributed by atoms with van der Waals surface area (Å²) in [7, 11) is 0. The van der Waals surface area contributed by atoms with E-state index in [4.69, 9.17) is 0 Å². The molecule has 0 fully saturated rings. The molecule has 4 heavy (non-hydrogen) atoms. The fourth-order valence-corrected chi connectivity index (χ4v) is 0. The summed E-state index contributed by atoms with van der Waals surface area (Å²) in [6.45, 7) is 3.48. The molecule has 1 heteroatoms. The number of rotatable bonds is 1. The van der Waals surface area contributed by atoms with Gasteiger partial charge in [-0.2, -0.15) is 0 Å². The molecule has 19 valence electrons. The molecular weight excluding hydrogens is 83.9 g/mol. The first kappa shape index (κ1) is 4.45. The molecule has 0 aromatic rings. The third-order valence-corrected chi connectivity index (χ3v) is 0.595. The Balaban J connectivity index is 2.30. The van der Waals surface area contributed by atoms with Crippen LogP contribution >= 0.6 is 0 Å². The van der Waals surface area contributed by atoms with Crippen molar-refractivity contribution in [1.29, 1.82) is 0 Å². The number of allylic oxidation sites excluding steroid dienone is 1. The molecule has 0 nitrogen and oxygen atoms in total. The van der Waals surface area contributed by atoms with Gasteiger partial charge in [-0.1, -0.05) is 0 Å². The fraction of sp³-hybridized carbons (Fsp3) is 0.333. The second kappa shape index (κ2) is 3.45. The summed E-state index contributed by atoms with van der Waals surface area (Å²) in [5.74, 6) is 0. The number of hydrogen-bond donors (Lipinski definition) is 0. The van der Waals surface area contributed by atoms with Crippen LogP contribution in [0.4, 0.5) is 0 Å². The number of hydrogen-bond acceptors (Lipinski definition) is 0. The maximum atomic E-state index is 3.48. The molecular formula is C3H5Ti+2. The van der Waals surface area contributed by atoms with Crippen molar-refractivity contribution in [2.75, 3.05) is 0 Å². The first-order chi connectivity index (χ1) is 1.91. The summed E-state index contributed by atoms with van der Waals surface area (Å²) < 4.78 is 1.08. The van der Waals surface area contributed by atoms with Crippen molar-refractivity contribution in [3.63, 3.8) is 0 Å². The second-order valence-electron chi connectivity index (χ2n) is 0.493. The van der Waals surface area contributed by atoms with Crippen LogP contribution in [0.25, 0.3) is 0 Å². The van der Waals surface area contributed by atoms with Crippen molar-refractivity contribution >= 4 is 0 Å². The van der Waals surface area contributed by atoms with Crippen molar-refractivity contribution in [3.8, 4) is 0 Å². The van der Waals surface area contributed by atoms with Crippen LogP contribution in [0, 0.1) is 0 Å². The van der Waals surface area contributed by atoms with E-state index < -0.39 is 0 Å². The molecule has 0 amide bonds. The van der Waals surface area contributed by atoms with E-state index in [1.54, 1.807) is 0 Å². The van der Waals surface area contributed by atoms with Gasteiger partial charge in [-0.25, -0.2) is 0 Å². The Hall–Kier alpha value is 0.454. The Morgan fingerprint density at radius 2 is 2.25 bits per heavy atom. The molecule has 0 aliphatic carbocycles. The summed E-state index contributed by atoms with van der Waals surface area (Å²) >= 11 is 2.06. The summed E-state index contributed by atoms with van der Waals surface area (Å²) in [5.41, 5.74) is 0. The Morgan fingerprint density at radius 3 is 2.25 bits per heavy atom. The average molecular weight is 88.9 g/mol. The van der Waals surface area contributed by atoms with Crippen molar-refractivity contribution in [2.24, 2.45) is 0 Å². The Kier molecular flexibility index (Phi) is 3.85. The molecule has 0 bridgehead atoms. The van der Waals surface area contributed by atoms with E-state index in [1.807, 2.05) is 6.08 Å². The predicted molar refractivity (Wildman–Crippen MR) is 15.0 cm³/mol. The molecule has 0 aliphatic heterocycles. The van der Waals surface area contributed by atoms with Crippen LogP contribution in [0.5, 0.6) is 0 Å².